The van der Waals surface area contributed by atoms with Crippen LogP contribution in [0.4, 0.5) is 0 Å². The molecule has 1 aliphatic rings. The summed E-state index contributed by atoms with van der Waals surface area (Å²) in [6.07, 6.45) is -1.18. The molecule has 9 nitrogen and oxygen atoms in total. The van der Waals surface area contributed by atoms with Crippen molar-refractivity contribution in [1.29, 1.82) is 0 Å². The third-order valence-corrected chi connectivity index (χ3v) is 7.52. The summed E-state index contributed by atoms with van der Waals surface area (Å²) in [7, 11) is -3.46. The molecule has 0 amide bonds. The highest BCUT2D eigenvalue weighted by molar-refractivity contribution is 9.11. The third kappa shape index (κ3) is 4.14. The second-order valence-corrected chi connectivity index (χ2v) is 10.0. The summed E-state index contributed by atoms with van der Waals surface area (Å²) >= 11 is 9.52. The Bertz CT molecular complexity index is 1260. The Morgan fingerprint density at radius 3 is 2.06 bits per heavy atom. The molecule has 0 aromatic heterocycles. The minimum Gasteiger partial charge on any atom is -0.507 e. The molecule has 3 N–H and O–H groups in total. The van der Waals surface area contributed by atoms with Crippen LogP contribution < -0.4 is 4.74 Å². The van der Waals surface area contributed by atoms with Crippen LogP contribution in [0.3, 0.4) is 0 Å². The van der Waals surface area contributed by atoms with E-state index in [1.807, 2.05) is 0 Å². The largest absolute Gasteiger partial charge is 0.507 e. The normalized spacial score (nSPS) is 14.3. The summed E-state index contributed by atoms with van der Waals surface area (Å²) < 4.78 is 40.5. The van der Waals surface area contributed by atoms with Gasteiger partial charge in [-0.3, -0.25) is 14.1 Å². The van der Waals surface area contributed by atoms with Crippen molar-refractivity contribution < 1.29 is 41.7 Å². The van der Waals surface area contributed by atoms with Crippen LogP contribution in [0.1, 0.15) is 44.3 Å². The number of hydrogen-bond donors (Lipinski definition) is 3. The molecule has 1 unspecified atom stereocenters. The van der Waals surface area contributed by atoms with Crippen molar-refractivity contribution in [2.24, 2.45) is 0 Å². The van der Waals surface area contributed by atoms with Gasteiger partial charge in [0.1, 0.15) is 21.7 Å². The zero-order valence-corrected chi connectivity index (χ0v) is 21.3. The number of fused-ring (bicyclic) bond motifs is 2. The molecule has 0 heterocycles. The lowest BCUT2D eigenvalue weighted by atomic mass is 9.81. The number of phenols is 2. The van der Waals surface area contributed by atoms with Crippen molar-refractivity contribution in [3.8, 4) is 17.2 Å². The maximum atomic E-state index is 13.4. The lowest BCUT2D eigenvalue weighted by Gasteiger charge is -2.25. The van der Waals surface area contributed by atoms with Crippen LogP contribution in [0.15, 0.2) is 19.5 Å². The second-order valence-electron chi connectivity index (χ2n) is 6.58. The monoisotopic (exact) mass is 642 g/mol. The van der Waals surface area contributed by atoms with Gasteiger partial charge in [-0.05, 0) is 66.3 Å². The molecule has 3 rings (SSSR count). The van der Waals surface area contributed by atoms with Crippen LogP contribution >= 0.6 is 47.8 Å². The molecule has 2 aromatic carbocycles. The predicted molar refractivity (Wildman–Crippen MR) is 119 cm³/mol. The van der Waals surface area contributed by atoms with Crippen LogP contribution in [0.2, 0.25) is 0 Å². The molecule has 2 aromatic rings. The Kier molecular flexibility index (Phi) is 6.58. The maximum Gasteiger partial charge on any atom is 0.397 e. The first-order valence-electron chi connectivity index (χ1n) is 8.37. The molecule has 0 fully saturated rings. The fourth-order valence-corrected chi connectivity index (χ4v) is 5.91. The first-order valence-corrected chi connectivity index (χ1v) is 12.1. The molecule has 0 bridgehead atoms. The van der Waals surface area contributed by atoms with E-state index < -0.39 is 33.8 Å². The van der Waals surface area contributed by atoms with E-state index in [0.717, 1.165) is 0 Å². The minimum absolute atomic E-state index is 0.0426. The van der Waals surface area contributed by atoms with Gasteiger partial charge < -0.3 is 14.9 Å². The average molecular weight is 645 g/mol. The molecule has 1 aliphatic carbocycles. The number of phenolic OH excluding ortho intramolecular Hbond substituents is 2. The van der Waals surface area contributed by atoms with E-state index in [0.29, 0.717) is 0 Å². The number of methoxy groups -OCH3 is 1. The molecular formula is C18H13Br3O9S. The van der Waals surface area contributed by atoms with Crippen LogP contribution in [0, 0.1) is 0 Å². The standard InChI is InChI=1S/C18H13Br3O9S/c1-5(30-31(26,27)28)3-6-4-7(22)8-9(12(6)19)16(24)10-11(15(8)23)18(29-2)14(21)17(25)13(10)20/h4-5,22,25H,3H2,1-2H3,(H,26,27,28). The first-order chi connectivity index (χ1) is 14.3. The lowest BCUT2D eigenvalue weighted by Crippen LogP contribution is -2.24. The molecule has 0 spiro atoms. The summed E-state index contributed by atoms with van der Waals surface area (Å²) in [6, 6.07) is 1.19. The molecular weight excluding hydrogens is 632 g/mol. The van der Waals surface area contributed by atoms with Crippen LogP contribution in [0.5, 0.6) is 17.2 Å². The van der Waals surface area contributed by atoms with Gasteiger partial charge in [0.05, 0.1) is 39.9 Å². The fraction of sp³-hybridized carbons (Fsp3) is 0.222. The average Bonchev–Trinajstić information content (AvgIpc) is 2.65. The molecule has 13 heteroatoms. The van der Waals surface area contributed by atoms with Gasteiger partial charge in [-0.25, -0.2) is 4.18 Å². The number of rotatable bonds is 5. The molecule has 31 heavy (non-hydrogen) atoms. The molecule has 0 radical (unpaired) electrons. The molecule has 1 atom stereocenters. The number of halogens is 3. The SMILES string of the molecule is COc1c(Br)c(O)c(Br)c2c1C(=O)c1c(O)cc(CC(C)OS(=O)(=O)O)c(Br)c1C2=O. The van der Waals surface area contributed by atoms with E-state index in [2.05, 4.69) is 52.0 Å². The van der Waals surface area contributed by atoms with E-state index in [-0.39, 0.29) is 59.2 Å². The zero-order valence-electron chi connectivity index (χ0n) is 15.7. The van der Waals surface area contributed by atoms with Gasteiger partial charge in [0.15, 0.2) is 5.78 Å². The Hall–Kier alpha value is -1.51. The Morgan fingerprint density at radius 2 is 1.52 bits per heavy atom. The number of carbonyl (C=O) groups is 2. The lowest BCUT2D eigenvalue weighted by molar-refractivity contribution is 0.0972. The summed E-state index contributed by atoms with van der Waals surface area (Å²) in [5, 5.41) is 20.9. The van der Waals surface area contributed by atoms with Crippen molar-refractivity contribution in [2.75, 3.05) is 7.11 Å². The summed E-state index contributed by atoms with van der Waals surface area (Å²) in [6.45, 7) is 1.36. The van der Waals surface area contributed by atoms with Crippen molar-refractivity contribution in [1.82, 2.24) is 0 Å². The summed E-state index contributed by atoms with van der Waals surface area (Å²) in [5.74, 6) is -2.35. The van der Waals surface area contributed by atoms with Crippen LogP contribution in [-0.2, 0) is 21.0 Å². The minimum atomic E-state index is -4.72. The van der Waals surface area contributed by atoms with Gasteiger partial charge in [-0.1, -0.05) is 0 Å². The highest BCUT2D eigenvalue weighted by Crippen LogP contribution is 2.50. The summed E-state index contributed by atoms with van der Waals surface area (Å²) in [5.41, 5.74) is -0.499. The van der Waals surface area contributed by atoms with Gasteiger partial charge in [0.25, 0.3) is 0 Å². The Labute approximate surface area is 201 Å². The maximum absolute atomic E-state index is 13.4. The number of carbonyl (C=O) groups excluding carboxylic acids is 2. The van der Waals surface area contributed by atoms with Gasteiger partial charge in [-0.2, -0.15) is 8.42 Å². The quantitative estimate of drug-likeness (QED) is 0.352. The van der Waals surface area contributed by atoms with E-state index in [9.17, 15) is 28.2 Å². The molecule has 0 saturated carbocycles. The van der Waals surface area contributed by atoms with Crippen molar-refractivity contribution >= 4 is 69.8 Å². The zero-order chi connectivity index (χ0) is 23.4. The number of ether oxygens (including phenoxy) is 1. The third-order valence-electron chi connectivity index (χ3n) is 4.54. The number of benzene rings is 2. The molecule has 0 saturated heterocycles. The molecule has 0 aliphatic heterocycles. The Balaban J connectivity index is 2.25. The van der Waals surface area contributed by atoms with Crippen LogP contribution in [-0.4, -0.2) is 48.0 Å². The molecule has 166 valence electrons. The Morgan fingerprint density at radius 1 is 0.968 bits per heavy atom. The fourth-order valence-electron chi connectivity index (χ4n) is 3.37. The first kappa shape index (κ1) is 24.1. The van der Waals surface area contributed by atoms with E-state index in [1.54, 1.807) is 0 Å². The van der Waals surface area contributed by atoms with E-state index in [1.165, 1.54) is 20.1 Å². The summed E-state index contributed by atoms with van der Waals surface area (Å²) in [4.78, 5) is 26.6. The number of hydrogen-bond acceptors (Lipinski definition) is 8. The van der Waals surface area contributed by atoms with Crippen molar-refractivity contribution in [3.63, 3.8) is 0 Å². The van der Waals surface area contributed by atoms with Gasteiger partial charge in [0, 0.05) is 10.9 Å². The topological polar surface area (TPSA) is 147 Å². The predicted octanol–water partition coefficient (Wildman–Crippen LogP) is 3.92. The number of ketones is 2. The van der Waals surface area contributed by atoms with Crippen molar-refractivity contribution in [2.45, 2.75) is 19.4 Å². The smallest absolute Gasteiger partial charge is 0.397 e. The second kappa shape index (κ2) is 8.45. The van der Waals surface area contributed by atoms with Gasteiger partial charge in [0.2, 0.25) is 5.78 Å². The van der Waals surface area contributed by atoms with E-state index >= 15 is 0 Å². The van der Waals surface area contributed by atoms with Gasteiger partial charge in [-0.15, -0.1) is 0 Å². The number of aromatic hydroxyl groups is 2. The van der Waals surface area contributed by atoms with Crippen LogP contribution in [0.25, 0.3) is 0 Å². The van der Waals surface area contributed by atoms with Crippen molar-refractivity contribution in [3.05, 3.63) is 47.3 Å². The van der Waals surface area contributed by atoms with E-state index in [4.69, 9.17) is 9.29 Å². The highest BCUT2D eigenvalue weighted by atomic mass is 79.9. The highest BCUT2D eigenvalue weighted by Gasteiger charge is 2.40. The van der Waals surface area contributed by atoms with Gasteiger partial charge >= 0.3 is 10.4 Å².